The fourth-order valence-corrected chi connectivity index (χ4v) is 3.86. The standard InChI is InChI=1S/C16H22N2O5S/c1-3-12-7-4-5-8-13(12)17-15(19)11-23-16(20)14-9-6-10-18(14)24(2,21)22/h4-5,7-8,14H,3,6,9-11H2,1-2H3,(H,17,19). The molecular formula is C16H22N2O5S. The molecule has 0 aliphatic carbocycles. The summed E-state index contributed by atoms with van der Waals surface area (Å²) < 4.78 is 29.4. The number of benzene rings is 1. The van der Waals surface area contributed by atoms with Crippen molar-refractivity contribution >= 4 is 27.6 Å². The fourth-order valence-electron chi connectivity index (χ4n) is 2.74. The number of carbonyl (C=O) groups excluding carboxylic acids is 2. The number of hydrogen-bond donors (Lipinski definition) is 1. The van der Waals surface area contributed by atoms with Crippen LogP contribution in [0.5, 0.6) is 0 Å². The minimum absolute atomic E-state index is 0.300. The number of ether oxygens (including phenoxy) is 1. The predicted molar refractivity (Wildman–Crippen MR) is 90.0 cm³/mol. The number of anilines is 1. The molecule has 1 N–H and O–H groups in total. The fraction of sp³-hybridized carbons (Fsp3) is 0.500. The summed E-state index contributed by atoms with van der Waals surface area (Å²) in [6.07, 6.45) is 2.84. The van der Waals surface area contributed by atoms with E-state index in [1.165, 1.54) is 0 Å². The molecule has 0 aromatic heterocycles. The van der Waals surface area contributed by atoms with Crippen LogP contribution in [0.2, 0.25) is 0 Å². The third-order valence-corrected chi connectivity index (χ3v) is 5.21. The zero-order valence-electron chi connectivity index (χ0n) is 13.8. The summed E-state index contributed by atoms with van der Waals surface area (Å²) in [7, 11) is -3.46. The molecule has 1 aromatic carbocycles. The number of esters is 1. The normalized spacial score (nSPS) is 18.3. The van der Waals surface area contributed by atoms with Crippen LogP contribution >= 0.6 is 0 Å². The Morgan fingerprint density at radius 3 is 2.71 bits per heavy atom. The quantitative estimate of drug-likeness (QED) is 0.774. The van der Waals surface area contributed by atoms with Crippen molar-refractivity contribution < 1.29 is 22.7 Å². The first-order chi connectivity index (χ1) is 11.3. The first-order valence-corrected chi connectivity index (χ1v) is 9.69. The van der Waals surface area contributed by atoms with Crippen LogP contribution in [0.25, 0.3) is 0 Å². The monoisotopic (exact) mass is 354 g/mol. The number of rotatable bonds is 6. The van der Waals surface area contributed by atoms with Crippen LogP contribution in [0, 0.1) is 0 Å². The van der Waals surface area contributed by atoms with Gasteiger partial charge in [-0.05, 0) is 30.9 Å². The highest BCUT2D eigenvalue weighted by molar-refractivity contribution is 7.88. The molecule has 1 aliphatic rings. The van der Waals surface area contributed by atoms with E-state index in [1.807, 2.05) is 25.1 Å². The van der Waals surface area contributed by atoms with Crippen molar-refractivity contribution in [2.24, 2.45) is 0 Å². The average molecular weight is 354 g/mol. The molecule has 2 rings (SSSR count). The molecule has 24 heavy (non-hydrogen) atoms. The zero-order valence-corrected chi connectivity index (χ0v) is 14.6. The minimum atomic E-state index is -3.46. The van der Waals surface area contributed by atoms with Crippen LogP contribution in [0.3, 0.4) is 0 Å². The Morgan fingerprint density at radius 2 is 2.04 bits per heavy atom. The molecule has 0 bridgehead atoms. The van der Waals surface area contributed by atoms with Crippen molar-refractivity contribution in [3.05, 3.63) is 29.8 Å². The lowest BCUT2D eigenvalue weighted by Crippen LogP contribution is -2.41. The maximum Gasteiger partial charge on any atom is 0.324 e. The Bertz CT molecular complexity index is 717. The van der Waals surface area contributed by atoms with E-state index in [9.17, 15) is 18.0 Å². The van der Waals surface area contributed by atoms with Crippen molar-refractivity contribution in [1.29, 1.82) is 0 Å². The summed E-state index contributed by atoms with van der Waals surface area (Å²) >= 11 is 0. The summed E-state index contributed by atoms with van der Waals surface area (Å²) in [6.45, 7) is 1.84. The van der Waals surface area contributed by atoms with Gasteiger partial charge in [0.15, 0.2) is 6.61 Å². The summed E-state index contributed by atoms with van der Waals surface area (Å²) in [5.41, 5.74) is 1.66. The topological polar surface area (TPSA) is 92.8 Å². The molecule has 7 nitrogen and oxygen atoms in total. The maximum absolute atomic E-state index is 12.1. The number of nitrogens with zero attached hydrogens (tertiary/aromatic N) is 1. The van der Waals surface area contributed by atoms with Crippen molar-refractivity contribution in [1.82, 2.24) is 4.31 Å². The highest BCUT2D eigenvalue weighted by Gasteiger charge is 2.37. The molecule has 1 amide bonds. The number of para-hydroxylation sites is 1. The van der Waals surface area contributed by atoms with E-state index >= 15 is 0 Å². The van der Waals surface area contributed by atoms with E-state index in [1.54, 1.807) is 6.07 Å². The van der Waals surface area contributed by atoms with Gasteiger partial charge in [0.2, 0.25) is 10.0 Å². The number of nitrogens with one attached hydrogen (secondary N) is 1. The molecular weight excluding hydrogens is 332 g/mol. The number of hydrogen-bond acceptors (Lipinski definition) is 5. The van der Waals surface area contributed by atoms with Gasteiger partial charge in [-0.25, -0.2) is 8.42 Å². The molecule has 8 heteroatoms. The summed E-state index contributed by atoms with van der Waals surface area (Å²) in [5.74, 6) is -1.13. The molecule has 0 saturated carbocycles. The van der Waals surface area contributed by atoms with Gasteiger partial charge in [0, 0.05) is 12.2 Å². The van der Waals surface area contributed by atoms with Crippen LogP contribution in [-0.4, -0.2) is 50.0 Å². The highest BCUT2D eigenvalue weighted by Crippen LogP contribution is 2.21. The first kappa shape index (κ1) is 18.4. The zero-order chi connectivity index (χ0) is 17.7. The van der Waals surface area contributed by atoms with Gasteiger partial charge < -0.3 is 10.1 Å². The third-order valence-electron chi connectivity index (χ3n) is 3.92. The van der Waals surface area contributed by atoms with Gasteiger partial charge >= 0.3 is 5.97 Å². The van der Waals surface area contributed by atoms with Crippen molar-refractivity contribution in [2.45, 2.75) is 32.2 Å². The summed E-state index contributed by atoms with van der Waals surface area (Å²) in [4.78, 5) is 24.0. The molecule has 1 aromatic rings. The van der Waals surface area contributed by atoms with Crippen molar-refractivity contribution in [3.63, 3.8) is 0 Å². The number of amides is 1. The second-order valence-corrected chi connectivity index (χ2v) is 7.63. The molecule has 1 fully saturated rings. The Kier molecular flexibility index (Phi) is 5.95. The second kappa shape index (κ2) is 7.76. The smallest absolute Gasteiger partial charge is 0.324 e. The molecule has 1 aliphatic heterocycles. The lowest BCUT2D eigenvalue weighted by molar-refractivity contribution is -0.150. The Labute approximate surface area is 142 Å². The van der Waals surface area contributed by atoms with Gasteiger partial charge in [-0.3, -0.25) is 9.59 Å². The molecule has 1 atom stereocenters. The van der Waals surface area contributed by atoms with E-state index in [2.05, 4.69) is 5.32 Å². The van der Waals surface area contributed by atoms with Crippen LogP contribution in [0.15, 0.2) is 24.3 Å². The predicted octanol–water partition coefficient (Wildman–Crippen LogP) is 1.15. The Hall–Kier alpha value is -1.93. The van der Waals surface area contributed by atoms with Crippen LogP contribution in [-0.2, 0) is 30.8 Å². The lowest BCUT2D eigenvalue weighted by atomic mass is 10.1. The highest BCUT2D eigenvalue weighted by atomic mass is 32.2. The average Bonchev–Trinajstić information content (AvgIpc) is 3.03. The van der Waals surface area contributed by atoms with Gasteiger partial charge in [-0.1, -0.05) is 25.1 Å². The van der Waals surface area contributed by atoms with Gasteiger partial charge in [0.25, 0.3) is 5.91 Å². The van der Waals surface area contributed by atoms with E-state index in [0.29, 0.717) is 25.1 Å². The molecule has 1 unspecified atom stereocenters. The molecule has 1 heterocycles. The minimum Gasteiger partial charge on any atom is -0.454 e. The number of carbonyl (C=O) groups is 2. The van der Waals surface area contributed by atoms with E-state index in [0.717, 1.165) is 22.5 Å². The van der Waals surface area contributed by atoms with Gasteiger partial charge in [-0.15, -0.1) is 0 Å². The Morgan fingerprint density at radius 1 is 1.33 bits per heavy atom. The number of aryl methyl sites for hydroxylation is 1. The van der Waals surface area contributed by atoms with Crippen LogP contribution in [0.4, 0.5) is 5.69 Å². The van der Waals surface area contributed by atoms with Gasteiger partial charge in [-0.2, -0.15) is 4.31 Å². The first-order valence-electron chi connectivity index (χ1n) is 7.84. The summed E-state index contributed by atoms with van der Waals surface area (Å²) in [5, 5.41) is 2.70. The molecule has 0 radical (unpaired) electrons. The number of sulfonamides is 1. The lowest BCUT2D eigenvalue weighted by Gasteiger charge is -2.20. The Balaban J connectivity index is 1.91. The van der Waals surface area contributed by atoms with Crippen molar-refractivity contribution in [3.8, 4) is 0 Å². The second-order valence-electron chi connectivity index (χ2n) is 5.70. The third kappa shape index (κ3) is 4.55. The summed E-state index contributed by atoms with van der Waals surface area (Å²) in [6, 6.07) is 6.54. The molecule has 0 spiro atoms. The molecule has 1 saturated heterocycles. The van der Waals surface area contributed by atoms with Crippen LogP contribution < -0.4 is 5.32 Å². The largest absolute Gasteiger partial charge is 0.454 e. The van der Waals surface area contributed by atoms with E-state index in [4.69, 9.17) is 4.74 Å². The van der Waals surface area contributed by atoms with Crippen LogP contribution in [0.1, 0.15) is 25.3 Å². The van der Waals surface area contributed by atoms with Gasteiger partial charge in [0.05, 0.1) is 6.26 Å². The van der Waals surface area contributed by atoms with Gasteiger partial charge in [0.1, 0.15) is 6.04 Å². The maximum atomic E-state index is 12.1. The SMILES string of the molecule is CCc1ccccc1NC(=O)COC(=O)C1CCCN1S(C)(=O)=O. The van der Waals surface area contributed by atoms with E-state index < -0.39 is 34.5 Å². The van der Waals surface area contributed by atoms with E-state index in [-0.39, 0.29) is 0 Å². The molecule has 132 valence electrons. The van der Waals surface area contributed by atoms with Crippen molar-refractivity contribution in [2.75, 3.05) is 24.7 Å².